The summed E-state index contributed by atoms with van der Waals surface area (Å²) in [4.78, 5) is 17.1. The van der Waals surface area contributed by atoms with Crippen LogP contribution >= 0.6 is 0 Å². The van der Waals surface area contributed by atoms with Gasteiger partial charge in [-0.3, -0.25) is 0 Å². The number of fused-ring (bicyclic) bond motifs is 1. The summed E-state index contributed by atoms with van der Waals surface area (Å²) in [5.41, 5.74) is 7.98. The van der Waals surface area contributed by atoms with E-state index in [2.05, 4.69) is 61.4 Å². The number of ether oxygens (including phenoxy) is 1. The van der Waals surface area contributed by atoms with Crippen molar-refractivity contribution in [2.45, 2.75) is 64.5 Å². The fourth-order valence-electron chi connectivity index (χ4n) is 4.97. The average molecular weight is 458 g/mol. The maximum Gasteiger partial charge on any atom is 0.148 e. The molecule has 1 aromatic carbocycles. The smallest absolute Gasteiger partial charge is 0.148 e. The van der Waals surface area contributed by atoms with Crippen LogP contribution in [0.1, 0.15) is 66.7 Å². The number of hydrogen-bond donors (Lipinski definition) is 1. The highest BCUT2D eigenvalue weighted by molar-refractivity contribution is 5.68. The quantitative estimate of drug-likeness (QED) is 0.484. The summed E-state index contributed by atoms with van der Waals surface area (Å²) >= 11 is 0. The van der Waals surface area contributed by atoms with E-state index in [0.717, 1.165) is 47.1 Å². The first kappa shape index (κ1) is 22.8. The molecule has 1 N–H and O–H groups in total. The summed E-state index contributed by atoms with van der Waals surface area (Å²) in [5.74, 6) is 2.34. The molecule has 0 amide bonds. The Labute approximate surface area is 202 Å². The molecule has 1 saturated carbocycles. The van der Waals surface area contributed by atoms with Gasteiger partial charge in [0.1, 0.15) is 11.6 Å². The molecule has 0 radical (unpaired) electrons. The summed E-state index contributed by atoms with van der Waals surface area (Å²) in [6, 6.07) is 10.9. The second-order valence-electron chi connectivity index (χ2n) is 9.65. The van der Waals surface area contributed by atoms with E-state index in [-0.39, 0.29) is 12.1 Å². The zero-order chi connectivity index (χ0) is 23.8. The van der Waals surface area contributed by atoms with Gasteiger partial charge in [-0.2, -0.15) is 0 Å². The Kier molecular flexibility index (Phi) is 6.26. The lowest BCUT2D eigenvalue weighted by Crippen LogP contribution is -2.26. The molecule has 2 heterocycles. The van der Waals surface area contributed by atoms with Gasteiger partial charge in [-0.15, -0.1) is 0 Å². The fourth-order valence-corrected chi connectivity index (χ4v) is 4.97. The Morgan fingerprint density at radius 2 is 1.91 bits per heavy atom. The minimum Gasteiger partial charge on any atom is -0.376 e. The van der Waals surface area contributed by atoms with Crippen molar-refractivity contribution >= 4 is 11.6 Å². The highest BCUT2D eigenvalue weighted by Crippen LogP contribution is 2.45. The van der Waals surface area contributed by atoms with Crippen molar-refractivity contribution in [2.75, 3.05) is 30.9 Å². The van der Waals surface area contributed by atoms with Crippen LogP contribution < -0.4 is 10.2 Å². The molecule has 2 aromatic heterocycles. The Morgan fingerprint density at radius 3 is 2.59 bits per heavy atom. The number of rotatable bonds is 8. The van der Waals surface area contributed by atoms with Crippen molar-refractivity contribution in [2.24, 2.45) is 0 Å². The van der Waals surface area contributed by atoms with E-state index in [4.69, 9.17) is 14.7 Å². The van der Waals surface area contributed by atoms with Crippen molar-refractivity contribution < 1.29 is 4.74 Å². The summed E-state index contributed by atoms with van der Waals surface area (Å²) in [5, 5.41) is 3.79. The third-order valence-corrected chi connectivity index (χ3v) is 6.96. The lowest BCUT2D eigenvalue weighted by molar-refractivity contribution is 0.0573. The molecule has 0 bridgehead atoms. The van der Waals surface area contributed by atoms with Crippen molar-refractivity contribution in [3.8, 4) is 11.3 Å². The molecular formula is C28H35N5O. The molecule has 34 heavy (non-hydrogen) atoms. The summed E-state index contributed by atoms with van der Waals surface area (Å²) in [6.45, 7) is 7.05. The minimum atomic E-state index is 0.0845. The largest absolute Gasteiger partial charge is 0.376 e. The first-order chi connectivity index (χ1) is 16.5. The normalized spacial score (nSPS) is 19.2. The van der Waals surface area contributed by atoms with Crippen LogP contribution in [0.5, 0.6) is 0 Å². The molecule has 0 aliphatic heterocycles. The van der Waals surface area contributed by atoms with Crippen molar-refractivity contribution in [3.05, 3.63) is 64.6 Å². The van der Waals surface area contributed by atoms with Crippen LogP contribution in [-0.2, 0) is 17.6 Å². The van der Waals surface area contributed by atoms with Crippen molar-refractivity contribution in [3.63, 3.8) is 0 Å². The monoisotopic (exact) mass is 457 g/mol. The van der Waals surface area contributed by atoms with E-state index in [1.54, 1.807) is 0 Å². The molecule has 1 fully saturated rings. The van der Waals surface area contributed by atoms with Crippen LogP contribution in [0.2, 0.25) is 0 Å². The van der Waals surface area contributed by atoms with Gasteiger partial charge in [-0.1, -0.05) is 31.2 Å². The highest BCUT2D eigenvalue weighted by Gasteiger charge is 2.36. The number of nitrogens with zero attached hydrogens (tertiary/aromatic N) is 4. The highest BCUT2D eigenvalue weighted by atomic mass is 16.5. The second kappa shape index (κ2) is 9.34. The van der Waals surface area contributed by atoms with Crippen LogP contribution in [0.15, 0.2) is 36.5 Å². The van der Waals surface area contributed by atoms with Crippen LogP contribution in [0.3, 0.4) is 0 Å². The summed E-state index contributed by atoms with van der Waals surface area (Å²) in [7, 11) is 4.03. The topological polar surface area (TPSA) is 63.2 Å². The summed E-state index contributed by atoms with van der Waals surface area (Å²) < 4.78 is 6.16. The molecule has 5 rings (SSSR count). The molecular weight excluding hydrogens is 422 g/mol. The van der Waals surface area contributed by atoms with Crippen LogP contribution in [0, 0.1) is 6.92 Å². The number of anilines is 2. The van der Waals surface area contributed by atoms with Crippen molar-refractivity contribution in [1.29, 1.82) is 0 Å². The average Bonchev–Trinajstić information content (AvgIpc) is 3.62. The van der Waals surface area contributed by atoms with E-state index in [1.807, 2.05) is 25.2 Å². The molecule has 0 saturated heterocycles. The van der Waals surface area contributed by atoms with Crippen molar-refractivity contribution in [1.82, 2.24) is 15.0 Å². The zero-order valence-electron chi connectivity index (χ0n) is 20.9. The number of aryl methyl sites for hydroxylation is 2. The van der Waals surface area contributed by atoms with Crippen LogP contribution in [-0.4, -0.2) is 41.8 Å². The Balaban J connectivity index is 1.56. The van der Waals surface area contributed by atoms with Gasteiger partial charge in [0.05, 0.1) is 29.2 Å². The van der Waals surface area contributed by atoms with E-state index >= 15 is 0 Å². The number of pyridine rings is 1. The van der Waals surface area contributed by atoms with Gasteiger partial charge in [0.25, 0.3) is 0 Å². The predicted octanol–water partition coefficient (Wildman–Crippen LogP) is 5.47. The van der Waals surface area contributed by atoms with Gasteiger partial charge < -0.3 is 15.0 Å². The first-order valence-electron chi connectivity index (χ1n) is 12.5. The van der Waals surface area contributed by atoms with Gasteiger partial charge in [-0.05, 0) is 55.9 Å². The molecule has 2 aliphatic rings. The molecule has 2 aliphatic carbocycles. The Hall–Kier alpha value is -2.99. The van der Waals surface area contributed by atoms with Gasteiger partial charge in [0, 0.05) is 44.8 Å². The van der Waals surface area contributed by atoms with E-state index in [0.29, 0.717) is 12.5 Å². The lowest BCUT2D eigenvalue weighted by atomic mass is 10.0. The summed E-state index contributed by atoms with van der Waals surface area (Å²) in [6.07, 6.45) is 6.13. The molecule has 178 valence electrons. The van der Waals surface area contributed by atoms with E-state index in [9.17, 15) is 0 Å². The third-order valence-electron chi connectivity index (χ3n) is 6.96. The second-order valence-corrected chi connectivity index (χ2v) is 9.65. The number of aromatic nitrogens is 3. The third kappa shape index (κ3) is 4.27. The van der Waals surface area contributed by atoms with E-state index < -0.39 is 0 Å². The van der Waals surface area contributed by atoms with Gasteiger partial charge >= 0.3 is 0 Å². The SMILES string of the molecule is CCO[C@H]1Cc2ccccc2C1Nc1nc(CC)c(-c2cnc(N(C)C)cc2C)nc1C1CC1. The first-order valence-corrected chi connectivity index (χ1v) is 12.5. The van der Waals surface area contributed by atoms with Crippen LogP contribution in [0.4, 0.5) is 11.6 Å². The predicted molar refractivity (Wildman–Crippen MR) is 138 cm³/mol. The molecule has 1 unspecified atom stereocenters. The maximum atomic E-state index is 6.16. The van der Waals surface area contributed by atoms with E-state index in [1.165, 1.54) is 29.5 Å². The molecule has 6 nitrogen and oxygen atoms in total. The lowest BCUT2D eigenvalue weighted by Gasteiger charge is -2.24. The van der Waals surface area contributed by atoms with Gasteiger partial charge in [0.2, 0.25) is 0 Å². The number of nitrogens with one attached hydrogen (secondary N) is 1. The van der Waals surface area contributed by atoms with Gasteiger partial charge in [0.15, 0.2) is 0 Å². The molecule has 3 aromatic rings. The maximum absolute atomic E-state index is 6.16. The molecule has 6 heteroatoms. The Bertz CT molecular complexity index is 1190. The minimum absolute atomic E-state index is 0.0845. The number of hydrogen-bond acceptors (Lipinski definition) is 6. The van der Waals surface area contributed by atoms with Crippen LogP contribution in [0.25, 0.3) is 11.3 Å². The standard InChI is InChI=1S/C28H35N5O/c1-6-22-26(21-16-29-24(33(4)5)14-17(21)3)31-25(18-12-13-18)28(30-22)32-27-20-11-9-8-10-19(20)15-23(27)34-7-2/h8-11,14,16,18,23,27H,6-7,12-13,15H2,1-5H3,(H,30,32)/t23-,27?/m0/s1. The zero-order valence-corrected chi connectivity index (χ0v) is 20.9. The number of benzene rings is 1. The molecule has 0 spiro atoms. The fraction of sp³-hybridized carbons (Fsp3) is 0.464. The molecule has 2 atom stereocenters. The van der Waals surface area contributed by atoms with Gasteiger partial charge in [-0.25, -0.2) is 15.0 Å². The Morgan fingerprint density at radius 1 is 1.12 bits per heavy atom.